The van der Waals surface area contributed by atoms with Gasteiger partial charge in [0.05, 0.1) is 16.9 Å². The Kier molecular flexibility index (Phi) is 9.87. The van der Waals surface area contributed by atoms with Crippen molar-refractivity contribution in [3.63, 3.8) is 0 Å². The molecular formula is C26H32F3N8OS+. The second kappa shape index (κ2) is 12.9. The number of carbonyl (C=O) groups excluding carboxylic acids is 1. The van der Waals surface area contributed by atoms with E-state index in [2.05, 4.69) is 15.1 Å². The number of aryl methyl sites for hydroxylation is 1. The van der Waals surface area contributed by atoms with Gasteiger partial charge in [0.1, 0.15) is 4.91 Å². The predicted molar refractivity (Wildman–Crippen MR) is 152 cm³/mol. The third kappa shape index (κ3) is 7.90. The lowest BCUT2D eigenvalue weighted by molar-refractivity contribution is -0.137. The van der Waals surface area contributed by atoms with Crippen molar-refractivity contribution in [1.82, 2.24) is 4.90 Å². The van der Waals surface area contributed by atoms with Crippen LogP contribution >= 0.6 is 11.8 Å². The standard InChI is InChI=1S/C26H31F3N8OS/c1-17-4-5-18(10-23(17)37(32)15-22(31)24(14-33-2)39-16-30)25(38)34-20-11-19(26(27,28)29)12-21(13-20)36-8-6-35(3)7-9-36/h2,4-5,10-15H,6-9,16,30-32H2,1,3H3/p+1/b22-15-,24-14-. The lowest BCUT2D eigenvalue weighted by Gasteiger charge is -2.34. The molecule has 1 fully saturated rings. The van der Waals surface area contributed by atoms with Crippen molar-refractivity contribution in [1.29, 1.82) is 0 Å². The summed E-state index contributed by atoms with van der Waals surface area (Å²) in [5.41, 5.74) is 12.9. The molecular weight excluding hydrogens is 529 g/mol. The summed E-state index contributed by atoms with van der Waals surface area (Å²) < 4.78 is 41.0. The fourth-order valence-corrected chi connectivity index (χ4v) is 4.50. The molecule has 1 saturated heterocycles. The minimum atomic E-state index is -4.57. The molecule has 0 aliphatic carbocycles. The van der Waals surface area contributed by atoms with Crippen molar-refractivity contribution in [3.05, 3.63) is 80.9 Å². The van der Waals surface area contributed by atoms with Crippen LogP contribution in [-0.4, -0.2) is 49.9 Å². The van der Waals surface area contributed by atoms with E-state index < -0.39 is 17.6 Å². The summed E-state index contributed by atoms with van der Waals surface area (Å²) in [6.07, 6.45) is -1.80. The summed E-state index contributed by atoms with van der Waals surface area (Å²) in [6, 6.07) is 8.35. The molecule has 0 unspecified atom stereocenters. The second-order valence-electron chi connectivity index (χ2n) is 8.96. The zero-order valence-electron chi connectivity index (χ0n) is 21.7. The number of benzene rings is 2. The van der Waals surface area contributed by atoms with Crippen LogP contribution < -0.4 is 32.5 Å². The molecule has 0 radical (unpaired) electrons. The molecule has 39 heavy (non-hydrogen) atoms. The van der Waals surface area contributed by atoms with Crippen LogP contribution in [0.5, 0.6) is 0 Å². The Morgan fingerprint density at radius 3 is 2.51 bits per heavy atom. The topological polar surface area (TPSA) is 121 Å². The van der Waals surface area contributed by atoms with E-state index in [1.54, 1.807) is 25.1 Å². The highest BCUT2D eigenvalue weighted by molar-refractivity contribution is 8.03. The van der Waals surface area contributed by atoms with Crippen LogP contribution in [0.15, 0.2) is 59.4 Å². The number of rotatable bonds is 8. The van der Waals surface area contributed by atoms with Gasteiger partial charge in [-0.05, 0) is 54.7 Å². The van der Waals surface area contributed by atoms with Gasteiger partial charge >= 0.3 is 12.4 Å². The van der Waals surface area contributed by atoms with Crippen molar-refractivity contribution >= 4 is 34.7 Å². The molecule has 2 aromatic carbocycles. The molecule has 9 nitrogen and oxygen atoms in total. The molecule has 0 saturated carbocycles. The molecule has 0 atom stereocenters. The van der Waals surface area contributed by atoms with E-state index in [1.165, 1.54) is 35.2 Å². The Bertz CT molecular complexity index is 1300. The summed E-state index contributed by atoms with van der Waals surface area (Å²) in [7, 11) is 1.96. The molecule has 0 aromatic heterocycles. The normalized spacial score (nSPS) is 15.2. The lowest BCUT2D eigenvalue weighted by Crippen LogP contribution is -2.44. The summed E-state index contributed by atoms with van der Waals surface area (Å²) in [6.45, 7) is 9.62. The minimum absolute atomic E-state index is 0.0405. The third-order valence-corrected chi connectivity index (χ3v) is 6.93. The van der Waals surface area contributed by atoms with Crippen molar-refractivity contribution in [2.24, 2.45) is 17.3 Å². The van der Waals surface area contributed by atoms with E-state index in [-0.39, 0.29) is 22.8 Å². The van der Waals surface area contributed by atoms with Gasteiger partial charge in [-0.25, -0.2) is 5.84 Å². The highest BCUT2D eigenvalue weighted by atomic mass is 32.2. The molecule has 1 heterocycles. The van der Waals surface area contributed by atoms with Gasteiger partial charge in [0, 0.05) is 55.2 Å². The number of alkyl halides is 3. The van der Waals surface area contributed by atoms with E-state index in [1.807, 2.05) is 11.9 Å². The van der Waals surface area contributed by atoms with Crippen LogP contribution in [0.2, 0.25) is 0 Å². The Hall–Kier alpha value is -3.70. The van der Waals surface area contributed by atoms with Gasteiger partial charge in [-0.2, -0.15) is 13.2 Å². The van der Waals surface area contributed by atoms with Crippen molar-refractivity contribution in [2.75, 3.05) is 54.3 Å². The molecule has 1 aliphatic heterocycles. The first-order valence-corrected chi connectivity index (χ1v) is 12.9. The third-order valence-electron chi connectivity index (χ3n) is 6.11. The maximum Gasteiger partial charge on any atom is 0.416 e. The van der Waals surface area contributed by atoms with Crippen LogP contribution in [0.3, 0.4) is 0 Å². The van der Waals surface area contributed by atoms with Gasteiger partial charge < -0.3 is 26.6 Å². The van der Waals surface area contributed by atoms with E-state index in [9.17, 15) is 18.0 Å². The molecule has 13 heteroatoms. The summed E-state index contributed by atoms with van der Waals surface area (Å²) in [4.78, 5) is 21.1. The number of thioether (sulfide) groups is 1. The van der Waals surface area contributed by atoms with Crippen LogP contribution in [-0.2, 0) is 6.18 Å². The molecule has 0 bridgehead atoms. The molecule has 1 aliphatic rings. The quantitative estimate of drug-likeness (QED) is 0.166. The number of nitrogens with two attached hydrogens (primary N) is 3. The van der Waals surface area contributed by atoms with Crippen LogP contribution in [0, 0.1) is 13.5 Å². The van der Waals surface area contributed by atoms with Gasteiger partial charge in [-0.15, -0.1) is 11.8 Å². The molecule has 208 valence electrons. The average molecular weight is 562 g/mol. The van der Waals surface area contributed by atoms with Crippen LogP contribution in [0.4, 0.5) is 30.2 Å². The number of amides is 1. The largest absolute Gasteiger partial charge is 0.416 e. The number of hydrazine groups is 1. The van der Waals surface area contributed by atoms with E-state index in [4.69, 9.17) is 23.9 Å². The van der Waals surface area contributed by atoms with Gasteiger partial charge in [-0.1, -0.05) is 6.07 Å². The number of hydrogen-bond acceptors (Lipinski definition) is 8. The fourth-order valence-electron chi connectivity index (χ4n) is 3.96. The minimum Gasteiger partial charge on any atom is -0.396 e. The zero-order chi connectivity index (χ0) is 28.7. The van der Waals surface area contributed by atoms with Crippen molar-refractivity contribution in [3.8, 4) is 6.57 Å². The first-order chi connectivity index (χ1) is 18.4. The molecule has 0 spiro atoms. The number of piperazine rings is 1. The summed E-state index contributed by atoms with van der Waals surface area (Å²) in [5, 5.41) is 3.84. The summed E-state index contributed by atoms with van der Waals surface area (Å²) >= 11 is 1.21. The Balaban J connectivity index is 1.88. The van der Waals surface area contributed by atoms with Gasteiger partial charge in [0.2, 0.25) is 0 Å². The maximum absolute atomic E-state index is 13.7. The number of carbonyl (C=O) groups is 1. The van der Waals surface area contributed by atoms with E-state index in [0.717, 1.165) is 30.8 Å². The molecule has 1 amide bonds. The predicted octanol–water partition coefficient (Wildman–Crippen LogP) is 3.95. The first kappa shape index (κ1) is 29.9. The van der Waals surface area contributed by atoms with E-state index >= 15 is 0 Å². The Morgan fingerprint density at radius 2 is 1.90 bits per heavy atom. The molecule has 2 aromatic rings. The smallest absolute Gasteiger partial charge is 0.396 e. The number of nitrogens with one attached hydrogen (secondary N) is 1. The van der Waals surface area contributed by atoms with Crippen molar-refractivity contribution < 1.29 is 18.0 Å². The first-order valence-electron chi connectivity index (χ1n) is 12.0. The molecule has 7 N–H and O–H groups in total. The average Bonchev–Trinajstić information content (AvgIpc) is 2.88. The Labute approximate surface area is 229 Å². The lowest BCUT2D eigenvalue weighted by atomic mass is 10.1. The number of nitrogens with zero attached hydrogens (tertiary/aromatic N) is 4. The van der Waals surface area contributed by atoms with Gasteiger partial charge in [0.15, 0.2) is 0 Å². The second-order valence-corrected chi connectivity index (χ2v) is 10.0. The van der Waals surface area contributed by atoms with Crippen LogP contribution in [0.25, 0.3) is 4.85 Å². The van der Waals surface area contributed by atoms with Gasteiger partial charge in [0.25, 0.3) is 12.5 Å². The summed E-state index contributed by atoms with van der Waals surface area (Å²) in [5.74, 6) is 5.86. The monoisotopic (exact) mass is 561 g/mol. The highest BCUT2D eigenvalue weighted by Gasteiger charge is 2.32. The Morgan fingerprint density at radius 1 is 1.21 bits per heavy atom. The maximum atomic E-state index is 13.7. The van der Waals surface area contributed by atoms with Crippen LogP contribution in [0.1, 0.15) is 21.5 Å². The fraction of sp³-hybridized carbons (Fsp3) is 0.308. The molecule has 3 rings (SSSR count). The van der Waals surface area contributed by atoms with Gasteiger partial charge in [-0.3, -0.25) is 9.80 Å². The number of hydrogen-bond donors (Lipinski definition) is 4. The number of halogens is 3. The van der Waals surface area contributed by atoms with E-state index in [0.29, 0.717) is 29.4 Å². The van der Waals surface area contributed by atoms with Crippen molar-refractivity contribution in [2.45, 2.75) is 13.1 Å². The highest BCUT2D eigenvalue weighted by Crippen LogP contribution is 2.35. The number of anilines is 3. The number of likely N-dealkylation sites (N-methyl/N-ethyl adjacent to an activating group) is 1. The SMILES string of the molecule is C#[N+]/C=C(SCN)/C(N)=C/N(N)c1cc(C(=O)Nc2cc(N3CCN(C)CC3)cc(C(F)(F)F)c2)ccc1C. The zero-order valence-corrected chi connectivity index (χ0v) is 22.5.